The van der Waals surface area contributed by atoms with Gasteiger partial charge in [-0.25, -0.2) is 0 Å². The van der Waals surface area contributed by atoms with E-state index in [1.807, 2.05) is 60.7 Å². The molecule has 0 aliphatic carbocycles. The van der Waals surface area contributed by atoms with Crippen LogP contribution in [0.25, 0.3) is 21.5 Å². The fourth-order valence-corrected chi connectivity index (χ4v) is 3.79. The number of hydrogen-bond acceptors (Lipinski definition) is 5. The summed E-state index contributed by atoms with van der Waals surface area (Å²) in [5.74, 6) is 1.53. The summed E-state index contributed by atoms with van der Waals surface area (Å²) in [6.45, 7) is 1.20. The van der Waals surface area contributed by atoms with E-state index in [1.165, 1.54) is 0 Å². The quantitative estimate of drug-likeness (QED) is 0.303. The molecule has 0 N–H and O–H groups in total. The van der Waals surface area contributed by atoms with Crippen LogP contribution in [0.3, 0.4) is 0 Å². The van der Waals surface area contributed by atoms with Gasteiger partial charge in [-0.2, -0.15) is 0 Å². The Morgan fingerprint density at radius 2 is 1.00 bits per heavy atom. The summed E-state index contributed by atoms with van der Waals surface area (Å²) in [4.78, 5) is 0. The molecule has 2 aliphatic rings. The number of ether oxygens (including phenoxy) is 5. The maximum Gasteiger partial charge on any atom is 0.232 e. The Morgan fingerprint density at radius 3 is 1.45 bits per heavy atom. The van der Waals surface area contributed by atoms with Crippen molar-refractivity contribution in [2.75, 3.05) is 13.2 Å². The van der Waals surface area contributed by atoms with E-state index in [9.17, 15) is 0 Å². The second-order valence-corrected chi connectivity index (χ2v) is 7.81. The standard InChI is InChI=1S/C26H22O5/c1-3-11-19-17(7-1)9-5-13-21(19)29-25(23-15-27-23)31-26(24-16-28-24)30-22-14-6-10-18-8-2-4-12-20(18)22/h1-14,23-26H,15-16H2. The van der Waals surface area contributed by atoms with E-state index in [2.05, 4.69) is 24.3 Å². The average molecular weight is 414 g/mol. The highest BCUT2D eigenvalue weighted by Crippen LogP contribution is 2.33. The minimum Gasteiger partial charge on any atom is -0.461 e. The molecular weight excluding hydrogens is 392 g/mol. The topological polar surface area (TPSA) is 52.8 Å². The first-order valence-electron chi connectivity index (χ1n) is 10.5. The molecule has 2 aliphatic heterocycles. The minimum absolute atomic E-state index is 0.128. The predicted octanol–water partition coefficient (Wildman–Crippen LogP) is 4.92. The van der Waals surface area contributed by atoms with Crippen molar-refractivity contribution in [3.63, 3.8) is 0 Å². The number of benzene rings is 4. The van der Waals surface area contributed by atoms with Gasteiger partial charge >= 0.3 is 0 Å². The molecule has 5 heteroatoms. The zero-order valence-electron chi connectivity index (χ0n) is 16.8. The number of rotatable bonds is 8. The Labute approximate surface area is 180 Å². The van der Waals surface area contributed by atoms with E-state index < -0.39 is 12.6 Å². The smallest absolute Gasteiger partial charge is 0.232 e. The van der Waals surface area contributed by atoms with Crippen LogP contribution >= 0.6 is 0 Å². The fourth-order valence-electron chi connectivity index (χ4n) is 3.79. The highest BCUT2D eigenvalue weighted by molar-refractivity contribution is 5.88. The van der Waals surface area contributed by atoms with Crippen LogP contribution in [-0.4, -0.2) is 38.0 Å². The largest absolute Gasteiger partial charge is 0.461 e. The molecule has 4 aromatic carbocycles. The third-order valence-corrected chi connectivity index (χ3v) is 5.58. The Bertz CT molecular complexity index is 1110. The summed E-state index contributed by atoms with van der Waals surface area (Å²) in [7, 11) is 0. The maximum atomic E-state index is 6.31. The summed E-state index contributed by atoms with van der Waals surface area (Å²) < 4.78 is 30.0. The van der Waals surface area contributed by atoms with Crippen LogP contribution in [0.1, 0.15) is 0 Å². The zero-order chi connectivity index (χ0) is 20.6. The maximum absolute atomic E-state index is 6.31. The Hall–Kier alpha value is -3.12. The lowest BCUT2D eigenvalue weighted by Gasteiger charge is -2.25. The van der Waals surface area contributed by atoms with Crippen molar-refractivity contribution in [3.8, 4) is 11.5 Å². The van der Waals surface area contributed by atoms with Gasteiger partial charge in [0.25, 0.3) is 0 Å². The molecule has 156 valence electrons. The molecule has 0 aromatic heterocycles. The highest BCUT2D eigenvalue weighted by Gasteiger charge is 2.43. The highest BCUT2D eigenvalue weighted by atomic mass is 16.8. The van der Waals surface area contributed by atoms with Crippen LogP contribution in [0.4, 0.5) is 0 Å². The van der Waals surface area contributed by atoms with Crippen LogP contribution in [0.5, 0.6) is 11.5 Å². The van der Waals surface area contributed by atoms with E-state index in [1.54, 1.807) is 0 Å². The molecular formula is C26H22O5. The Balaban J connectivity index is 1.26. The molecule has 2 heterocycles. The third-order valence-electron chi connectivity index (χ3n) is 5.58. The van der Waals surface area contributed by atoms with Gasteiger partial charge in [0.2, 0.25) is 12.6 Å². The SMILES string of the molecule is c1ccc2c(OC(OC(Oc3cccc4ccccc34)C3CO3)C3CO3)cccc2c1. The lowest BCUT2D eigenvalue weighted by molar-refractivity contribution is -0.197. The number of fused-ring (bicyclic) bond motifs is 2. The molecule has 0 bridgehead atoms. The lowest BCUT2D eigenvalue weighted by Crippen LogP contribution is -2.37. The van der Waals surface area contributed by atoms with Crippen LogP contribution in [0, 0.1) is 0 Å². The Kier molecular flexibility index (Phi) is 4.72. The molecule has 0 spiro atoms. The van der Waals surface area contributed by atoms with Gasteiger partial charge in [0, 0.05) is 10.8 Å². The summed E-state index contributed by atoms with van der Waals surface area (Å²) in [5, 5.41) is 4.30. The second kappa shape index (κ2) is 7.85. The van der Waals surface area contributed by atoms with Gasteiger partial charge in [-0.3, -0.25) is 4.74 Å². The van der Waals surface area contributed by atoms with Gasteiger partial charge in [-0.05, 0) is 22.9 Å². The van der Waals surface area contributed by atoms with Crippen molar-refractivity contribution < 1.29 is 23.7 Å². The molecule has 4 atom stereocenters. The first-order valence-corrected chi connectivity index (χ1v) is 10.5. The van der Waals surface area contributed by atoms with E-state index >= 15 is 0 Å². The predicted molar refractivity (Wildman–Crippen MR) is 117 cm³/mol. The molecule has 5 nitrogen and oxygen atoms in total. The van der Waals surface area contributed by atoms with Crippen LogP contribution in [0.2, 0.25) is 0 Å². The van der Waals surface area contributed by atoms with Crippen LogP contribution in [0.15, 0.2) is 84.9 Å². The third kappa shape index (κ3) is 3.95. The van der Waals surface area contributed by atoms with Gasteiger partial charge < -0.3 is 18.9 Å². The summed E-state index contributed by atoms with van der Waals surface area (Å²) in [6, 6.07) is 28.3. The van der Waals surface area contributed by atoms with Gasteiger partial charge in [0.15, 0.2) is 0 Å². The van der Waals surface area contributed by atoms with E-state index in [0.29, 0.717) is 13.2 Å². The van der Waals surface area contributed by atoms with Gasteiger partial charge in [-0.15, -0.1) is 0 Å². The molecule has 2 fully saturated rings. The molecule has 6 rings (SSSR count). The second-order valence-electron chi connectivity index (χ2n) is 7.81. The normalized spacial score (nSPS) is 21.5. The number of hydrogen-bond donors (Lipinski definition) is 0. The zero-order valence-corrected chi connectivity index (χ0v) is 16.8. The first-order chi connectivity index (χ1) is 15.3. The van der Waals surface area contributed by atoms with Crippen LogP contribution in [-0.2, 0) is 14.2 Å². The molecule has 4 unspecified atom stereocenters. The fraction of sp³-hybridized carbons (Fsp3) is 0.231. The first kappa shape index (κ1) is 18.6. The van der Waals surface area contributed by atoms with Crippen molar-refractivity contribution in [2.45, 2.75) is 24.8 Å². The molecule has 4 aromatic rings. The Morgan fingerprint density at radius 1 is 0.581 bits per heavy atom. The van der Waals surface area contributed by atoms with E-state index in [-0.39, 0.29) is 12.2 Å². The van der Waals surface area contributed by atoms with E-state index in [0.717, 1.165) is 33.0 Å². The van der Waals surface area contributed by atoms with Crippen molar-refractivity contribution >= 4 is 21.5 Å². The summed E-state index contributed by atoms with van der Waals surface area (Å²) in [6.07, 6.45) is -1.43. The van der Waals surface area contributed by atoms with Crippen molar-refractivity contribution in [1.29, 1.82) is 0 Å². The monoisotopic (exact) mass is 414 g/mol. The van der Waals surface area contributed by atoms with Gasteiger partial charge in [-0.1, -0.05) is 72.8 Å². The van der Waals surface area contributed by atoms with Crippen molar-refractivity contribution in [1.82, 2.24) is 0 Å². The summed E-state index contributed by atoms with van der Waals surface area (Å²) >= 11 is 0. The van der Waals surface area contributed by atoms with E-state index in [4.69, 9.17) is 23.7 Å². The van der Waals surface area contributed by atoms with Crippen molar-refractivity contribution in [2.24, 2.45) is 0 Å². The van der Waals surface area contributed by atoms with Crippen LogP contribution < -0.4 is 9.47 Å². The molecule has 0 amide bonds. The summed E-state index contributed by atoms with van der Waals surface area (Å²) in [5.41, 5.74) is 0. The lowest BCUT2D eigenvalue weighted by atomic mass is 10.1. The molecule has 0 saturated carbocycles. The molecule has 2 saturated heterocycles. The minimum atomic E-state index is -0.588. The van der Waals surface area contributed by atoms with Gasteiger partial charge in [0.05, 0.1) is 13.2 Å². The van der Waals surface area contributed by atoms with Crippen molar-refractivity contribution in [3.05, 3.63) is 84.9 Å². The van der Waals surface area contributed by atoms with Gasteiger partial charge in [0.1, 0.15) is 23.7 Å². The average Bonchev–Trinajstić information content (AvgIpc) is 3.72. The number of epoxide rings is 2. The molecule has 31 heavy (non-hydrogen) atoms. The molecule has 0 radical (unpaired) electrons.